The van der Waals surface area contributed by atoms with Crippen molar-refractivity contribution in [2.75, 3.05) is 39.4 Å². The van der Waals surface area contributed by atoms with Crippen LogP contribution < -0.4 is 9.47 Å². The van der Waals surface area contributed by atoms with Gasteiger partial charge in [-0.1, -0.05) is 6.42 Å². The molecule has 1 aromatic heterocycles. The quantitative estimate of drug-likeness (QED) is 0.776. The van der Waals surface area contributed by atoms with Gasteiger partial charge in [-0.05, 0) is 48.7 Å². The van der Waals surface area contributed by atoms with E-state index in [0.717, 1.165) is 39.7 Å². The minimum absolute atomic E-state index is 0.0505. The molecular weight excluding hydrogens is 388 g/mol. The minimum Gasteiger partial charge on any atom is -0.486 e. The second-order valence-corrected chi connectivity index (χ2v) is 8.85. The molecule has 152 valence electrons. The molecule has 2 fully saturated rings. The molecule has 6 nitrogen and oxygen atoms in total. The number of ether oxygens (including phenoxy) is 2. The third kappa shape index (κ3) is 3.59. The number of benzene rings is 1. The smallest absolute Gasteiger partial charge is 0.264 e. The largest absolute Gasteiger partial charge is 0.486 e. The van der Waals surface area contributed by atoms with Gasteiger partial charge in [-0.15, -0.1) is 11.3 Å². The lowest BCUT2D eigenvalue weighted by atomic mass is 9.84. The molecule has 0 unspecified atom stereocenters. The van der Waals surface area contributed by atoms with Gasteiger partial charge in [0, 0.05) is 37.0 Å². The Balaban J connectivity index is 1.24. The fraction of sp³-hybridized carbons (Fsp3) is 0.455. The summed E-state index contributed by atoms with van der Waals surface area (Å²) >= 11 is 1.50. The fourth-order valence-corrected chi connectivity index (χ4v) is 4.97. The number of hydrogen-bond acceptors (Lipinski definition) is 5. The summed E-state index contributed by atoms with van der Waals surface area (Å²) in [5.74, 6) is 2.07. The highest BCUT2D eigenvalue weighted by atomic mass is 32.1. The first-order valence-corrected chi connectivity index (χ1v) is 11.1. The number of fused-ring (bicyclic) bond motifs is 1. The Bertz CT molecular complexity index is 929. The van der Waals surface area contributed by atoms with Gasteiger partial charge in [0.1, 0.15) is 13.2 Å². The lowest BCUT2D eigenvalue weighted by Crippen LogP contribution is -2.52. The third-order valence-electron chi connectivity index (χ3n) is 5.98. The zero-order chi connectivity index (χ0) is 19.8. The maximum absolute atomic E-state index is 12.9. The molecule has 1 saturated carbocycles. The number of carbonyl (C=O) groups excluding carboxylic acids is 2. The van der Waals surface area contributed by atoms with E-state index in [1.807, 2.05) is 40.1 Å². The summed E-state index contributed by atoms with van der Waals surface area (Å²) in [6.45, 7) is 3.62. The highest BCUT2D eigenvalue weighted by molar-refractivity contribution is 7.17. The number of nitrogens with zero attached hydrogens (tertiary/aromatic N) is 2. The van der Waals surface area contributed by atoms with Gasteiger partial charge in [0.25, 0.3) is 5.91 Å². The molecule has 0 atom stereocenters. The first kappa shape index (κ1) is 18.5. The van der Waals surface area contributed by atoms with Crippen molar-refractivity contribution < 1.29 is 19.1 Å². The van der Waals surface area contributed by atoms with E-state index in [-0.39, 0.29) is 17.7 Å². The van der Waals surface area contributed by atoms with Crippen LogP contribution in [-0.4, -0.2) is 61.0 Å². The maximum atomic E-state index is 12.9. The van der Waals surface area contributed by atoms with Gasteiger partial charge in [-0.25, -0.2) is 0 Å². The summed E-state index contributed by atoms with van der Waals surface area (Å²) in [5.41, 5.74) is 1.02. The van der Waals surface area contributed by atoms with Crippen molar-refractivity contribution in [2.24, 2.45) is 5.92 Å². The molecule has 3 heterocycles. The molecule has 7 heteroatoms. The van der Waals surface area contributed by atoms with E-state index < -0.39 is 0 Å². The monoisotopic (exact) mass is 412 g/mol. The number of thiophene rings is 1. The summed E-state index contributed by atoms with van der Waals surface area (Å²) < 4.78 is 11.2. The summed E-state index contributed by atoms with van der Waals surface area (Å²) in [4.78, 5) is 30.9. The van der Waals surface area contributed by atoms with Crippen LogP contribution in [-0.2, 0) is 4.79 Å². The Morgan fingerprint density at radius 3 is 2.34 bits per heavy atom. The maximum Gasteiger partial charge on any atom is 0.264 e. The van der Waals surface area contributed by atoms with Crippen LogP contribution in [0.5, 0.6) is 11.5 Å². The topological polar surface area (TPSA) is 59.1 Å². The first-order valence-electron chi connectivity index (χ1n) is 10.3. The van der Waals surface area contributed by atoms with Gasteiger partial charge in [0.05, 0.1) is 4.88 Å². The normalized spacial score (nSPS) is 19.0. The molecule has 0 spiro atoms. The molecule has 0 N–H and O–H groups in total. The van der Waals surface area contributed by atoms with Crippen molar-refractivity contribution in [1.29, 1.82) is 0 Å². The molecule has 1 saturated heterocycles. The number of carbonyl (C=O) groups is 2. The summed E-state index contributed by atoms with van der Waals surface area (Å²) in [6.07, 6.45) is 3.21. The van der Waals surface area contributed by atoms with Crippen LogP contribution in [0, 0.1) is 5.92 Å². The van der Waals surface area contributed by atoms with Crippen molar-refractivity contribution in [3.05, 3.63) is 35.2 Å². The zero-order valence-electron chi connectivity index (χ0n) is 16.3. The van der Waals surface area contributed by atoms with Gasteiger partial charge in [0.2, 0.25) is 5.91 Å². The SMILES string of the molecule is O=C(c1ccc(-c2ccc3c(c2)OCCO3)s1)N1CCN(C(=O)C2CCC2)CC1. The number of piperazine rings is 1. The van der Waals surface area contributed by atoms with Crippen LogP contribution in [0.3, 0.4) is 0 Å². The molecule has 1 aromatic carbocycles. The van der Waals surface area contributed by atoms with Crippen LogP contribution in [0.4, 0.5) is 0 Å². The van der Waals surface area contributed by atoms with Crippen molar-refractivity contribution in [2.45, 2.75) is 19.3 Å². The average Bonchev–Trinajstić information content (AvgIpc) is 3.22. The molecule has 1 aliphatic carbocycles. The van der Waals surface area contributed by atoms with Gasteiger partial charge in [0.15, 0.2) is 11.5 Å². The Hall–Kier alpha value is -2.54. The first-order chi connectivity index (χ1) is 14.2. The molecule has 29 heavy (non-hydrogen) atoms. The number of amides is 2. The second kappa shape index (κ2) is 7.71. The average molecular weight is 413 g/mol. The van der Waals surface area contributed by atoms with E-state index >= 15 is 0 Å². The number of hydrogen-bond donors (Lipinski definition) is 0. The highest BCUT2D eigenvalue weighted by Crippen LogP contribution is 2.37. The van der Waals surface area contributed by atoms with E-state index in [0.29, 0.717) is 39.4 Å². The van der Waals surface area contributed by atoms with E-state index in [1.54, 1.807) is 0 Å². The van der Waals surface area contributed by atoms with Gasteiger partial charge < -0.3 is 19.3 Å². The Kier molecular flexibility index (Phi) is 4.91. The standard InChI is InChI=1S/C22H24N2O4S/c25-21(15-2-1-3-15)23-8-10-24(11-9-23)22(26)20-7-6-19(29-20)16-4-5-17-18(14-16)28-13-12-27-17/h4-7,14-15H,1-3,8-13H2. The molecule has 0 bridgehead atoms. The van der Waals surface area contributed by atoms with Crippen LogP contribution in [0.1, 0.15) is 28.9 Å². The van der Waals surface area contributed by atoms with Gasteiger partial charge in [-0.2, -0.15) is 0 Å². The fourth-order valence-electron chi connectivity index (χ4n) is 4.00. The molecule has 2 aromatic rings. The molecular formula is C22H24N2O4S. The molecule has 5 rings (SSSR count). The molecule has 2 amide bonds. The zero-order valence-corrected chi connectivity index (χ0v) is 17.1. The Morgan fingerprint density at radius 1 is 0.897 bits per heavy atom. The van der Waals surface area contributed by atoms with Crippen molar-refractivity contribution in [3.8, 4) is 21.9 Å². The Labute approximate surface area is 174 Å². The van der Waals surface area contributed by atoms with Crippen LogP contribution >= 0.6 is 11.3 Å². The van der Waals surface area contributed by atoms with E-state index in [1.165, 1.54) is 17.8 Å². The van der Waals surface area contributed by atoms with Gasteiger partial charge in [-0.3, -0.25) is 9.59 Å². The van der Waals surface area contributed by atoms with Crippen LogP contribution in [0.25, 0.3) is 10.4 Å². The predicted octanol–water partition coefficient (Wildman–Crippen LogP) is 3.27. The lowest BCUT2D eigenvalue weighted by Gasteiger charge is -2.38. The third-order valence-corrected chi connectivity index (χ3v) is 7.10. The summed E-state index contributed by atoms with van der Waals surface area (Å²) in [6, 6.07) is 9.77. The lowest BCUT2D eigenvalue weighted by molar-refractivity contribution is -0.139. The van der Waals surface area contributed by atoms with E-state index in [4.69, 9.17) is 9.47 Å². The second-order valence-electron chi connectivity index (χ2n) is 7.77. The molecule has 2 aliphatic heterocycles. The van der Waals surface area contributed by atoms with Crippen molar-refractivity contribution in [1.82, 2.24) is 9.80 Å². The van der Waals surface area contributed by atoms with Gasteiger partial charge >= 0.3 is 0 Å². The minimum atomic E-state index is 0.0505. The predicted molar refractivity (Wildman–Crippen MR) is 111 cm³/mol. The van der Waals surface area contributed by atoms with Crippen molar-refractivity contribution in [3.63, 3.8) is 0 Å². The summed E-state index contributed by atoms with van der Waals surface area (Å²) in [7, 11) is 0. The highest BCUT2D eigenvalue weighted by Gasteiger charge is 2.32. The number of rotatable bonds is 3. The molecule has 3 aliphatic rings. The van der Waals surface area contributed by atoms with Crippen LogP contribution in [0.15, 0.2) is 30.3 Å². The van der Waals surface area contributed by atoms with E-state index in [9.17, 15) is 9.59 Å². The summed E-state index contributed by atoms with van der Waals surface area (Å²) in [5, 5.41) is 0. The van der Waals surface area contributed by atoms with Crippen LogP contribution in [0.2, 0.25) is 0 Å². The Morgan fingerprint density at radius 2 is 1.62 bits per heavy atom. The molecule has 0 radical (unpaired) electrons. The van der Waals surface area contributed by atoms with Crippen molar-refractivity contribution >= 4 is 23.2 Å². The van der Waals surface area contributed by atoms with E-state index in [2.05, 4.69) is 0 Å².